The zero-order chi connectivity index (χ0) is 18.8. The lowest BCUT2D eigenvalue weighted by Crippen LogP contribution is -2.52. The zero-order valence-electron chi connectivity index (χ0n) is 14.8. The lowest BCUT2D eigenvalue weighted by atomic mass is 10.1. The first-order valence-electron chi connectivity index (χ1n) is 8.24. The van der Waals surface area contributed by atoms with Crippen molar-refractivity contribution in [2.45, 2.75) is 25.9 Å². The molecule has 1 aliphatic heterocycles. The fourth-order valence-electron chi connectivity index (χ4n) is 2.95. The number of hydrogen-bond donors (Lipinski definition) is 1. The van der Waals surface area contributed by atoms with Crippen LogP contribution in [-0.4, -0.2) is 50.9 Å². The van der Waals surface area contributed by atoms with E-state index in [1.54, 1.807) is 25.2 Å². The Kier molecular flexibility index (Phi) is 5.38. The standard InChI is InChI=1S/C17H20BrN5O3/c1-10-8-26-9-11(2)23(10)16(24)12-4-5-15(19-7-12)20-13-6-14(18)21-22(3)17(13)25/h4-7,10-11H,8-9H2,1-3H3,(H,19,20)/t10-,11-/m0/s1. The molecule has 2 atom stereocenters. The highest BCUT2D eigenvalue weighted by atomic mass is 79.9. The van der Waals surface area contributed by atoms with E-state index in [0.717, 1.165) is 0 Å². The summed E-state index contributed by atoms with van der Waals surface area (Å²) in [5, 5.41) is 6.94. The van der Waals surface area contributed by atoms with Crippen LogP contribution in [0.1, 0.15) is 24.2 Å². The first-order chi connectivity index (χ1) is 12.4. The number of ether oxygens (including phenoxy) is 1. The van der Waals surface area contributed by atoms with Crippen molar-refractivity contribution in [2.24, 2.45) is 7.05 Å². The molecule has 2 aromatic rings. The van der Waals surface area contributed by atoms with Crippen molar-refractivity contribution in [3.8, 4) is 0 Å². The number of halogens is 1. The normalized spacial score (nSPS) is 20.1. The number of anilines is 2. The van der Waals surface area contributed by atoms with E-state index in [-0.39, 0.29) is 23.6 Å². The number of hydrogen-bond acceptors (Lipinski definition) is 6. The van der Waals surface area contributed by atoms with Gasteiger partial charge in [-0.1, -0.05) is 0 Å². The molecule has 8 nitrogen and oxygen atoms in total. The second kappa shape index (κ2) is 7.55. The Hall–Kier alpha value is -2.26. The fourth-order valence-corrected chi connectivity index (χ4v) is 3.41. The van der Waals surface area contributed by atoms with Crippen LogP contribution in [0.15, 0.2) is 33.8 Å². The van der Waals surface area contributed by atoms with E-state index in [2.05, 4.69) is 31.3 Å². The Bertz CT molecular complexity index is 858. The van der Waals surface area contributed by atoms with Gasteiger partial charge in [-0.25, -0.2) is 9.67 Å². The minimum atomic E-state index is -0.272. The molecular formula is C17H20BrN5O3. The summed E-state index contributed by atoms with van der Waals surface area (Å²) in [5.74, 6) is 0.398. The van der Waals surface area contributed by atoms with Crippen LogP contribution in [0.5, 0.6) is 0 Å². The molecule has 0 spiro atoms. The second-order valence-electron chi connectivity index (χ2n) is 6.31. The summed E-state index contributed by atoms with van der Waals surface area (Å²) < 4.78 is 7.23. The van der Waals surface area contributed by atoms with Crippen molar-refractivity contribution in [1.29, 1.82) is 0 Å². The molecule has 1 N–H and O–H groups in total. The molecule has 1 saturated heterocycles. The van der Waals surface area contributed by atoms with Gasteiger partial charge >= 0.3 is 0 Å². The number of nitrogens with zero attached hydrogens (tertiary/aromatic N) is 4. The van der Waals surface area contributed by atoms with Gasteiger partial charge in [-0.05, 0) is 41.9 Å². The number of aromatic nitrogens is 3. The van der Waals surface area contributed by atoms with Crippen molar-refractivity contribution < 1.29 is 9.53 Å². The third-order valence-corrected chi connectivity index (χ3v) is 4.60. The maximum Gasteiger partial charge on any atom is 0.290 e. The molecule has 3 heterocycles. The number of morpholine rings is 1. The molecule has 1 fully saturated rings. The summed E-state index contributed by atoms with van der Waals surface area (Å²) >= 11 is 3.25. The Labute approximate surface area is 159 Å². The van der Waals surface area contributed by atoms with Gasteiger partial charge in [0.25, 0.3) is 11.5 Å². The predicted octanol–water partition coefficient (Wildman–Crippen LogP) is 1.93. The van der Waals surface area contributed by atoms with E-state index in [4.69, 9.17) is 4.74 Å². The highest BCUT2D eigenvalue weighted by Gasteiger charge is 2.30. The van der Waals surface area contributed by atoms with E-state index in [0.29, 0.717) is 34.9 Å². The summed E-state index contributed by atoms with van der Waals surface area (Å²) in [6, 6.07) is 4.99. The number of carbonyl (C=O) groups is 1. The molecule has 1 aliphatic rings. The van der Waals surface area contributed by atoms with Gasteiger partial charge < -0.3 is 15.0 Å². The van der Waals surface area contributed by atoms with Crippen LogP contribution >= 0.6 is 15.9 Å². The summed E-state index contributed by atoms with van der Waals surface area (Å²) in [5.41, 5.74) is 0.572. The average molecular weight is 422 g/mol. The van der Waals surface area contributed by atoms with Crippen LogP contribution in [-0.2, 0) is 11.8 Å². The van der Waals surface area contributed by atoms with Crippen LogP contribution in [0, 0.1) is 0 Å². The highest BCUT2D eigenvalue weighted by molar-refractivity contribution is 9.10. The number of carbonyl (C=O) groups excluding carboxylic acids is 1. The average Bonchev–Trinajstić information content (AvgIpc) is 2.59. The monoisotopic (exact) mass is 421 g/mol. The second-order valence-corrected chi connectivity index (χ2v) is 7.13. The number of nitrogens with one attached hydrogen (secondary N) is 1. The summed E-state index contributed by atoms with van der Waals surface area (Å²) in [6.07, 6.45) is 1.51. The van der Waals surface area contributed by atoms with Gasteiger partial charge in [0, 0.05) is 19.3 Å². The van der Waals surface area contributed by atoms with Crippen molar-refractivity contribution in [3.63, 3.8) is 0 Å². The Morgan fingerprint density at radius 3 is 2.62 bits per heavy atom. The lowest BCUT2D eigenvalue weighted by molar-refractivity contribution is -0.0249. The van der Waals surface area contributed by atoms with Crippen molar-refractivity contribution in [3.05, 3.63) is 44.9 Å². The molecule has 0 radical (unpaired) electrons. The predicted molar refractivity (Wildman–Crippen MR) is 101 cm³/mol. The molecule has 3 rings (SSSR count). The van der Waals surface area contributed by atoms with Gasteiger partial charge in [-0.3, -0.25) is 9.59 Å². The molecule has 0 bridgehead atoms. The molecule has 9 heteroatoms. The quantitative estimate of drug-likeness (QED) is 0.813. The molecule has 0 aromatic carbocycles. The van der Waals surface area contributed by atoms with Crippen LogP contribution in [0.25, 0.3) is 0 Å². The van der Waals surface area contributed by atoms with Crippen molar-refractivity contribution in [1.82, 2.24) is 19.7 Å². The Morgan fingerprint density at radius 1 is 1.31 bits per heavy atom. The maximum atomic E-state index is 12.8. The van der Waals surface area contributed by atoms with Crippen LogP contribution in [0.4, 0.5) is 11.5 Å². The zero-order valence-corrected chi connectivity index (χ0v) is 16.4. The van der Waals surface area contributed by atoms with Gasteiger partial charge in [0.05, 0.1) is 30.9 Å². The smallest absolute Gasteiger partial charge is 0.290 e. The minimum Gasteiger partial charge on any atom is -0.377 e. The van der Waals surface area contributed by atoms with E-state index >= 15 is 0 Å². The van der Waals surface area contributed by atoms with Gasteiger partial charge in [0.2, 0.25) is 0 Å². The molecular weight excluding hydrogens is 402 g/mol. The van der Waals surface area contributed by atoms with Crippen LogP contribution in [0.3, 0.4) is 0 Å². The van der Waals surface area contributed by atoms with Gasteiger partial charge in [0.1, 0.15) is 16.1 Å². The van der Waals surface area contributed by atoms with E-state index in [9.17, 15) is 9.59 Å². The van der Waals surface area contributed by atoms with Crippen LogP contribution in [0.2, 0.25) is 0 Å². The third-order valence-electron chi connectivity index (χ3n) is 4.21. The molecule has 1 amide bonds. The Balaban J connectivity index is 1.79. The maximum absolute atomic E-state index is 12.8. The SMILES string of the molecule is C[C@H]1COC[C@H](C)N1C(=O)c1ccc(Nc2cc(Br)nn(C)c2=O)nc1. The van der Waals surface area contributed by atoms with E-state index < -0.39 is 0 Å². The summed E-state index contributed by atoms with van der Waals surface area (Å²) in [7, 11) is 1.57. The number of amides is 1. The topological polar surface area (TPSA) is 89.4 Å². The van der Waals surface area contributed by atoms with Gasteiger partial charge in [0.15, 0.2) is 0 Å². The first-order valence-corrected chi connectivity index (χ1v) is 9.03. The molecule has 0 aliphatic carbocycles. The molecule has 0 saturated carbocycles. The summed E-state index contributed by atoms with van der Waals surface area (Å²) in [4.78, 5) is 31.0. The van der Waals surface area contributed by atoms with E-state index in [1.165, 1.54) is 10.9 Å². The van der Waals surface area contributed by atoms with Crippen LogP contribution < -0.4 is 10.9 Å². The van der Waals surface area contributed by atoms with Crippen molar-refractivity contribution in [2.75, 3.05) is 18.5 Å². The van der Waals surface area contributed by atoms with Gasteiger partial charge in [-0.2, -0.15) is 5.10 Å². The Morgan fingerprint density at radius 2 is 2.00 bits per heavy atom. The molecule has 26 heavy (non-hydrogen) atoms. The first kappa shape index (κ1) is 18.5. The number of rotatable bonds is 3. The summed E-state index contributed by atoms with van der Waals surface area (Å²) in [6.45, 7) is 4.99. The minimum absolute atomic E-state index is 0.0150. The highest BCUT2D eigenvalue weighted by Crippen LogP contribution is 2.19. The third kappa shape index (κ3) is 3.78. The molecule has 2 aromatic heterocycles. The molecule has 138 valence electrons. The van der Waals surface area contributed by atoms with Crippen molar-refractivity contribution >= 4 is 33.3 Å². The largest absolute Gasteiger partial charge is 0.377 e. The lowest BCUT2D eigenvalue weighted by Gasteiger charge is -2.38. The van der Waals surface area contributed by atoms with Gasteiger partial charge in [-0.15, -0.1) is 0 Å². The molecule has 0 unspecified atom stereocenters. The number of aryl methyl sites for hydroxylation is 1. The fraction of sp³-hybridized carbons (Fsp3) is 0.412. The number of pyridine rings is 1. The van der Waals surface area contributed by atoms with E-state index in [1.807, 2.05) is 18.7 Å².